The Morgan fingerprint density at radius 2 is 0.814 bits per heavy atom. The van der Waals surface area contributed by atoms with Crippen molar-refractivity contribution >= 4 is 12.2 Å². The Balaban J connectivity index is 0.000000199. The quantitative estimate of drug-likeness (QED) is 0.236. The van der Waals surface area contributed by atoms with Gasteiger partial charge in [0.2, 0.25) is 0 Å². The molecule has 344 valence electrons. The van der Waals surface area contributed by atoms with Crippen molar-refractivity contribution in [2.24, 2.45) is 23.5 Å². The molecule has 11 heteroatoms. The van der Waals surface area contributed by atoms with Crippen molar-refractivity contribution in [3.63, 3.8) is 0 Å². The Morgan fingerprint density at radius 1 is 0.508 bits per heavy atom. The molecule has 0 aromatic carbocycles. The lowest BCUT2D eigenvalue weighted by atomic mass is 9.82. The van der Waals surface area contributed by atoms with E-state index in [9.17, 15) is 9.59 Å². The Bertz CT molecular complexity index is 1060. The van der Waals surface area contributed by atoms with Crippen LogP contribution in [-0.4, -0.2) is 151 Å². The Labute approximate surface area is 362 Å². The van der Waals surface area contributed by atoms with Crippen molar-refractivity contribution in [2.45, 2.75) is 194 Å². The van der Waals surface area contributed by atoms with Crippen LogP contribution in [0.1, 0.15) is 165 Å². The summed E-state index contributed by atoms with van der Waals surface area (Å²) in [6.45, 7) is 28.8. The average molecular weight is 832 g/mol. The lowest BCUT2D eigenvalue weighted by Gasteiger charge is -2.43. The molecule has 0 bridgehead atoms. The first-order chi connectivity index (χ1) is 28.2. The fourth-order valence-corrected chi connectivity index (χ4v) is 11.1. The molecule has 59 heavy (non-hydrogen) atoms. The van der Waals surface area contributed by atoms with Gasteiger partial charge in [0.05, 0.1) is 0 Å². The van der Waals surface area contributed by atoms with Crippen molar-refractivity contribution in [3.05, 3.63) is 0 Å². The number of hydrogen-bond donors (Lipinski definition) is 2. The van der Waals surface area contributed by atoms with Crippen LogP contribution in [-0.2, 0) is 9.47 Å². The molecular weight excluding hydrogens is 739 g/mol. The van der Waals surface area contributed by atoms with Gasteiger partial charge in [-0.15, -0.1) is 0 Å². The topological polar surface area (TPSA) is 107 Å². The molecule has 2 amide bonds. The van der Waals surface area contributed by atoms with Crippen molar-refractivity contribution in [3.8, 4) is 0 Å². The van der Waals surface area contributed by atoms with E-state index < -0.39 is 11.2 Å². The minimum atomic E-state index is -0.421. The third-order valence-electron chi connectivity index (χ3n) is 14.2. The predicted octanol–water partition coefficient (Wildman–Crippen LogP) is 8.60. The highest BCUT2D eigenvalue weighted by Gasteiger charge is 2.34. The number of carbonyl (C=O) groups is 2. The first kappa shape index (κ1) is 50.0. The van der Waals surface area contributed by atoms with Gasteiger partial charge in [-0.05, 0) is 111 Å². The normalized spacial score (nSPS) is 24.5. The highest BCUT2D eigenvalue weighted by molar-refractivity contribution is 5.68. The van der Waals surface area contributed by atoms with Gasteiger partial charge in [0.25, 0.3) is 0 Å². The summed E-state index contributed by atoms with van der Waals surface area (Å²) in [6, 6.07) is 2.08. The molecule has 0 spiro atoms. The van der Waals surface area contributed by atoms with Crippen molar-refractivity contribution in [2.75, 3.05) is 85.1 Å². The second-order valence-corrected chi connectivity index (χ2v) is 20.7. The lowest BCUT2D eigenvalue weighted by molar-refractivity contribution is 0.00408. The maximum absolute atomic E-state index is 12.1. The van der Waals surface area contributed by atoms with Gasteiger partial charge in [0.1, 0.15) is 11.2 Å². The van der Waals surface area contributed by atoms with Crippen LogP contribution in [0.5, 0.6) is 0 Å². The lowest BCUT2D eigenvalue weighted by Crippen LogP contribution is -2.56. The van der Waals surface area contributed by atoms with E-state index in [-0.39, 0.29) is 12.2 Å². The molecule has 3 saturated heterocycles. The molecule has 6 rings (SSSR count). The second kappa shape index (κ2) is 25.4. The van der Waals surface area contributed by atoms with Crippen LogP contribution < -0.4 is 11.1 Å². The smallest absolute Gasteiger partial charge is 0.410 e. The fourth-order valence-electron chi connectivity index (χ4n) is 11.1. The molecule has 3 unspecified atom stereocenters. The first-order valence-electron chi connectivity index (χ1n) is 24.8. The Hall–Kier alpha value is -1.66. The van der Waals surface area contributed by atoms with E-state index >= 15 is 0 Å². The monoisotopic (exact) mass is 832 g/mol. The summed E-state index contributed by atoms with van der Waals surface area (Å²) in [5.74, 6) is 2.61. The number of piperazine rings is 3. The highest BCUT2D eigenvalue weighted by atomic mass is 16.6. The molecule has 11 nitrogen and oxygen atoms in total. The van der Waals surface area contributed by atoms with Crippen molar-refractivity contribution in [1.82, 2.24) is 29.8 Å². The number of carbonyl (C=O) groups excluding carboxylic acids is 2. The Morgan fingerprint density at radius 3 is 1.12 bits per heavy atom. The summed E-state index contributed by atoms with van der Waals surface area (Å²) in [6.07, 6.45) is 23.4. The third-order valence-corrected chi connectivity index (χ3v) is 14.2. The molecular formula is C48H93N7O4. The SMILES string of the molecule is CC(C)(C)OC(=O)N1CCN(C(CN)C2CCCCC2)CC1.CCC(C1CCCCC1)N1CCN(C(=O)OC(C)(C)C)CC1.CCC(C1CCCCC1)N1CCNCC1. The number of nitrogens with one attached hydrogen (secondary N) is 1. The van der Waals surface area contributed by atoms with E-state index in [0.29, 0.717) is 12.1 Å². The minimum absolute atomic E-state index is 0.155. The van der Waals surface area contributed by atoms with Gasteiger partial charge >= 0.3 is 12.2 Å². The summed E-state index contributed by atoms with van der Waals surface area (Å²) < 4.78 is 10.9. The largest absolute Gasteiger partial charge is 0.444 e. The predicted molar refractivity (Wildman–Crippen MR) is 244 cm³/mol. The van der Waals surface area contributed by atoms with Gasteiger partial charge in [-0.25, -0.2) is 9.59 Å². The van der Waals surface area contributed by atoms with Crippen LogP contribution in [0.2, 0.25) is 0 Å². The maximum Gasteiger partial charge on any atom is 0.410 e. The van der Waals surface area contributed by atoms with Gasteiger partial charge in [-0.3, -0.25) is 14.7 Å². The molecule has 0 aromatic rings. The second-order valence-electron chi connectivity index (χ2n) is 20.7. The van der Waals surface area contributed by atoms with E-state index in [0.717, 1.165) is 82.7 Å². The van der Waals surface area contributed by atoms with Crippen LogP contribution in [0, 0.1) is 17.8 Å². The third kappa shape index (κ3) is 17.2. The van der Waals surface area contributed by atoms with Crippen LogP contribution in [0.25, 0.3) is 0 Å². The van der Waals surface area contributed by atoms with E-state index in [4.69, 9.17) is 15.2 Å². The first-order valence-corrected chi connectivity index (χ1v) is 24.8. The minimum Gasteiger partial charge on any atom is -0.444 e. The Kier molecular flexibility index (Phi) is 21.6. The average Bonchev–Trinajstić information content (AvgIpc) is 3.23. The van der Waals surface area contributed by atoms with Gasteiger partial charge in [-0.2, -0.15) is 0 Å². The molecule has 6 fully saturated rings. The molecule has 3 atom stereocenters. The standard InChI is InChI=1S/C18H34N2O2.C17H33N3O2.C13H26N2/c1-5-16(15-9-7-6-8-10-15)19-11-13-20(14-12-19)17(21)22-18(2,3)4;1-17(2,3)22-16(21)20-11-9-19(10-12-20)15(13-18)14-7-5-4-6-8-14;1-2-13(12-6-4-3-5-7-12)15-10-8-14-9-11-15/h15-16H,5-14H2,1-4H3;14-15H,4-13,18H2,1-3H3;12-14H,2-11H2,1H3. The van der Waals surface area contributed by atoms with Gasteiger partial charge in [-0.1, -0.05) is 71.6 Å². The summed E-state index contributed by atoms with van der Waals surface area (Å²) in [4.78, 5) is 35.8. The van der Waals surface area contributed by atoms with Crippen LogP contribution in [0.15, 0.2) is 0 Å². The van der Waals surface area contributed by atoms with Gasteiger partial charge < -0.3 is 30.3 Å². The van der Waals surface area contributed by atoms with Gasteiger partial charge in [0, 0.05) is 103 Å². The summed E-state index contributed by atoms with van der Waals surface area (Å²) >= 11 is 0. The molecule has 3 N–H and O–H groups in total. The number of amides is 2. The van der Waals surface area contributed by atoms with E-state index in [1.165, 1.54) is 135 Å². The van der Waals surface area contributed by atoms with Crippen LogP contribution in [0.4, 0.5) is 9.59 Å². The molecule has 3 heterocycles. The van der Waals surface area contributed by atoms with Crippen LogP contribution in [0.3, 0.4) is 0 Å². The molecule has 3 saturated carbocycles. The molecule has 3 aliphatic heterocycles. The summed E-state index contributed by atoms with van der Waals surface area (Å²) in [7, 11) is 0. The van der Waals surface area contributed by atoms with E-state index in [1.807, 2.05) is 51.3 Å². The maximum atomic E-state index is 12.1. The fraction of sp³-hybridized carbons (Fsp3) is 0.958. The van der Waals surface area contributed by atoms with Crippen molar-refractivity contribution < 1.29 is 19.1 Å². The number of hydrogen-bond acceptors (Lipinski definition) is 9. The summed E-state index contributed by atoms with van der Waals surface area (Å²) in [5.41, 5.74) is 5.24. The number of nitrogens with zero attached hydrogens (tertiary/aromatic N) is 5. The van der Waals surface area contributed by atoms with Crippen molar-refractivity contribution in [1.29, 1.82) is 0 Å². The summed E-state index contributed by atoms with van der Waals surface area (Å²) in [5, 5.41) is 3.45. The zero-order valence-corrected chi connectivity index (χ0v) is 39.6. The number of nitrogens with two attached hydrogens (primary N) is 1. The zero-order chi connectivity index (χ0) is 42.8. The highest BCUT2D eigenvalue weighted by Crippen LogP contribution is 2.33. The molecule has 0 radical (unpaired) electrons. The van der Waals surface area contributed by atoms with Crippen LogP contribution >= 0.6 is 0 Å². The van der Waals surface area contributed by atoms with E-state index in [2.05, 4.69) is 33.9 Å². The van der Waals surface area contributed by atoms with E-state index in [1.54, 1.807) is 0 Å². The molecule has 6 aliphatic rings. The number of ether oxygens (including phenoxy) is 2. The van der Waals surface area contributed by atoms with Gasteiger partial charge in [0.15, 0.2) is 0 Å². The number of rotatable bonds is 9. The molecule has 3 aliphatic carbocycles. The zero-order valence-electron chi connectivity index (χ0n) is 39.6. The molecule has 0 aromatic heterocycles.